The number of carbonyl (C=O) groups excluding carboxylic acids is 1. The Morgan fingerprint density at radius 1 is 0.750 bits per heavy atom. The third-order valence-corrected chi connectivity index (χ3v) is 6.64. The molecule has 2 atom stereocenters. The number of ether oxygens (including phenoxy) is 1. The van der Waals surface area contributed by atoms with Crippen LogP contribution in [0.4, 0.5) is 0 Å². The standard InChI is InChI=1S/C21H40O2S/c1-3-4-13-16-19-20(24-19)17-14-11-9-7-5-6-8-10-12-15-18-21(22)23-2/h19-20H,3-18H2,1-2H3. The number of hydrogen-bond acceptors (Lipinski definition) is 3. The van der Waals surface area contributed by atoms with E-state index in [1.165, 1.54) is 97.0 Å². The molecule has 0 aromatic heterocycles. The van der Waals surface area contributed by atoms with Crippen LogP contribution in [0.25, 0.3) is 0 Å². The van der Waals surface area contributed by atoms with E-state index in [9.17, 15) is 4.79 Å². The van der Waals surface area contributed by atoms with Crippen molar-refractivity contribution in [2.75, 3.05) is 7.11 Å². The fourth-order valence-corrected chi connectivity index (χ4v) is 4.65. The van der Waals surface area contributed by atoms with Crippen molar-refractivity contribution in [3.05, 3.63) is 0 Å². The number of methoxy groups -OCH3 is 1. The Morgan fingerprint density at radius 3 is 1.71 bits per heavy atom. The third kappa shape index (κ3) is 12.2. The van der Waals surface area contributed by atoms with E-state index in [-0.39, 0.29) is 5.97 Å². The molecule has 0 aromatic rings. The van der Waals surface area contributed by atoms with Gasteiger partial charge in [-0.1, -0.05) is 84.0 Å². The van der Waals surface area contributed by atoms with Gasteiger partial charge in [0.2, 0.25) is 0 Å². The van der Waals surface area contributed by atoms with Crippen LogP contribution < -0.4 is 0 Å². The highest BCUT2D eigenvalue weighted by molar-refractivity contribution is 8.07. The first-order chi connectivity index (χ1) is 11.8. The van der Waals surface area contributed by atoms with Crippen LogP contribution in [0.2, 0.25) is 0 Å². The van der Waals surface area contributed by atoms with Gasteiger partial charge in [-0.25, -0.2) is 0 Å². The molecule has 3 heteroatoms. The van der Waals surface area contributed by atoms with Crippen LogP contribution in [0.15, 0.2) is 0 Å². The summed E-state index contributed by atoms with van der Waals surface area (Å²) >= 11 is 2.24. The minimum Gasteiger partial charge on any atom is -0.469 e. The molecule has 0 aromatic carbocycles. The summed E-state index contributed by atoms with van der Waals surface area (Å²) in [6.45, 7) is 2.29. The zero-order valence-corrected chi connectivity index (χ0v) is 17.0. The van der Waals surface area contributed by atoms with Crippen molar-refractivity contribution in [3.8, 4) is 0 Å². The second-order valence-electron chi connectivity index (χ2n) is 7.36. The molecule has 0 bridgehead atoms. The first kappa shape index (κ1) is 21.9. The molecule has 1 saturated heterocycles. The molecule has 0 spiro atoms. The quantitative estimate of drug-likeness (QED) is 0.161. The van der Waals surface area contributed by atoms with Crippen LogP contribution >= 0.6 is 11.8 Å². The van der Waals surface area contributed by atoms with Gasteiger partial charge in [-0.2, -0.15) is 11.8 Å². The third-order valence-electron chi connectivity index (χ3n) is 5.13. The van der Waals surface area contributed by atoms with Gasteiger partial charge in [-0.3, -0.25) is 4.79 Å². The number of carbonyl (C=O) groups is 1. The number of thioether (sulfide) groups is 1. The van der Waals surface area contributed by atoms with Gasteiger partial charge in [0.15, 0.2) is 0 Å². The lowest BCUT2D eigenvalue weighted by Gasteiger charge is -2.03. The monoisotopic (exact) mass is 356 g/mol. The highest BCUT2D eigenvalue weighted by atomic mass is 32.2. The van der Waals surface area contributed by atoms with Crippen LogP contribution in [-0.4, -0.2) is 23.6 Å². The Hall–Kier alpha value is -0.180. The summed E-state index contributed by atoms with van der Waals surface area (Å²) in [6, 6.07) is 0. The topological polar surface area (TPSA) is 26.3 Å². The molecule has 0 amide bonds. The Balaban J connectivity index is 1.71. The zero-order chi connectivity index (χ0) is 17.5. The summed E-state index contributed by atoms with van der Waals surface area (Å²) < 4.78 is 4.65. The maximum absolute atomic E-state index is 11.0. The molecule has 2 nitrogen and oxygen atoms in total. The van der Waals surface area contributed by atoms with Crippen LogP contribution in [0.3, 0.4) is 0 Å². The molecule has 24 heavy (non-hydrogen) atoms. The molecule has 2 unspecified atom stereocenters. The van der Waals surface area contributed by atoms with Gasteiger partial charge in [0.1, 0.15) is 0 Å². The minimum atomic E-state index is -0.0631. The van der Waals surface area contributed by atoms with Crippen molar-refractivity contribution in [2.24, 2.45) is 0 Å². The van der Waals surface area contributed by atoms with Gasteiger partial charge in [0.05, 0.1) is 7.11 Å². The van der Waals surface area contributed by atoms with Crippen molar-refractivity contribution in [1.82, 2.24) is 0 Å². The molecule has 0 N–H and O–H groups in total. The minimum absolute atomic E-state index is 0.0631. The zero-order valence-electron chi connectivity index (χ0n) is 16.2. The number of unbranched alkanes of at least 4 members (excludes halogenated alkanes) is 11. The molecule has 1 heterocycles. The Labute approximate surface area is 154 Å². The predicted molar refractivity (Wildman–Crippen MR) is 107 cm³/mol. The van der Waals surface area contributed by atoms with E-state index >= 15 is 0 Å². The second-order valence-corrected chi connectivity index (χ2v) is 8.84. The van der Waals surface area contributed by atoms with E-state index in [2.05, 4.69) is 23.4 Å². The van der Waals surface area contributed by atoms with Gasteiger partial charge >= 0.3 is 5.97 Å². The smallest absolute Gasteiger partial charge is 0.305 e. The molecule has 1 aliphatic heterocycles. The Kier molecular flexibility index (Phi) is 13.8. The number of hydrogen-bond donors (Lipinski definition) is 0. The summed E-state index contributed by atoms with van der Waals surface area (Å²) in [4.78, 5) is 11.0. The summed E-state index contributed by atoms with van der Waals surface area (Å²) in [5.41, 5.74) is 0. The molecular formula is C21H40O2S. The van der Waals surface area contributed by atoms with Crippen molar-refractivity contribution in [1.29, 1.82) is 0 Å². The number of esters is 1. The SMILES string of the molecule is CCCCCC1SC1CCCCCCCCCCCCC(=O)OC. The van der Waals surface area contributed by atoms with Crippen LogP contribution in [0.5, 0.6) is 0 Å². The molecule has 0 radical (unpaired) electrons. The number of rotatable bonds is 17. The molecule has 1 fully saturated rings. The van der Waals surface area contributed by atoms with Crippen LogP contribution in [-0.2, 0) is 9.53 Å². The fraction of sp³-hybridized carbons (Fsp3) is 0.952. The van der Waals surface area contributed by atoms with Gasteiger partial charge < -0.3 is 4.74 Å². The molecule has 142 valence electrons. The first-order valence-corrected chi connectivity index (χ1v) is 11.4. The van der Waals surface area contributed by atoms with Crippen LogP contribution in [0.1, 0.15) is 110 Å². The predicted octanol–water partition coefficient (Wildman–Crippen LogP) is 6.90. The Bertz CT molecular complexity index is 306. The van der Waals surface area contributed by atoms with Crippen molar-refractivity contribution < 1.29 is 9.53 Å². The summed E-state index contributed by atoms with van der Waals surface area (Å²) in [5, 5.41) is 2.04. The Morgan fingerprint density at radius 2 is 1.21 bits per heavy atom. The first-order valence-electron chi connectivity index (χ1n) is 10.5. The van der Waals surface area contributed by atoms with E-state index in [1.807, 2.05) is 0 Å². The molecule has 0 aliphatic carbocycles. The summed E-state index contributed by atoms with van der Waals surface area (Å²) in [7, 11) is 1.47. The molecule has 1 aliphatic rings. The molecular weight excluding hydrogens is 316 g/mol. The normalized spacial score (nSPS) is 19.4. The largest absolute Gasteiger partial charge is 0.469 e. The van der Waals surface area contributed by atoms with Crippen LogP contribution in [0, 0.1) is 0 Å². The molecule has 0 saturated carbocycles. The maximum atomic E-state index is 11.0. The maximum Gasteiger partial charge on any atom is 0.305 e. The van der Waals surface area contributed by atoms with E-state index in [0.29, 0.717) is 6.42 Å². The highest BCUT2D eigenvalue weighted by Crippen LogP contribution is 2.47. The lowest BCUT2D eigenvalue weighted by molar-refractivity contribution is -0.140. The van der Waals surface area contributed by atoms with Gasteiger partial charge in [0.25, 0.3) is 0 Å². The van der Waals surface area contributed by atoms with Gasteiger partial charge in [-0.05, 0) is 19.3 Å². The van der Waals surface area contributed by atoms with Crippen molar-refractivity contribution in [3.63, 3.8) is 0 Å². The van der Waals surface area contributed by atoms with Crippen molar-refractivity contribution >= 4 is 17.7 Å². The van der Waals surface area contributed by atoms with E-state index in [0.717, 1.165) is 16.9 Å². The van der Waals surface area contributed by atoms with Gasteiger partial charge in [-0.15, -0.1) is 0 Å². The van der Waals surface area contributed by atoms with E-state index in [4.69, 9.17) is 0 Å². The van der Waals surface area contributed by atoms with E-state index in [1.54, 1.807) is 0 Å². The average Bonchev–Trinajstić information content (AvgIpc) is 3.34. The fourth-order valence-electron chi connectivity index (χ4n) is 3.41. The highest BCUT2D eigenvalue weighted by Gasteiger charge is 2.36. The average molecular weight is 357 g/mol. The lowest BCUT2D eigenvalue weighted by atomic mass is 10.0. The van der Waals surface area contributed by atoms with Gasteiger partial charge in [0, 0.05) is 16.9 Å². The second kappa shape index (κ2) is 15.1. The summed E-state index contributed by atoms with van der Waals surface area (Å²) in [6.07, 6.45) is 21.1. The van der Waals surface area contributed by atoms with Crippen molar-refractivity contribution in [2.45, 2.75) is 120 Å². The molecule has 1 rings (SSSR count). The lowest BCUT2D eigenvalue weighted by Crippen LogP contribution is -1.99. The van der Waals surface area contributed by atoms with E-state index < -0.39 is 0 Å². The summed E-state index contributed by atoms with van der Waals surface area (Å²) in [5.74, 6) is -0.0631.